The lowest BCUT2D eigenvalue weighted by atomic mass is 10.2. The van der Waals surface area contributed by atoms with Gasteiger partial charge in [-0.2, -0.15) is 0 Å². The number of amides is 1. The number of nitrogens with one attached hydrogen (secondary N) is 1. The summed E-state index contributed by atoms with van der Waals surface area (Å²) in [5, 5.41) is 0.418. The number of hydrogen-bond acceptors (Lipinski definition) is 5. The number of hydrogen-bond donors (Lipinski definition) is 1. The zero-order valence-corrected chi connectivity index (χ0v) is 12.4. The van der Waals surface area contributed by atoms with E-state index in [1.165, 1.54) is 13.3 Å². The summed E-state index contributed by atoms with van der Waals surface area (Å²) in [5.41, 5.74) is 2.68. The fourth-order valence-corrected chi connectivity index (χ4v) is 2.75. The second-order valence-corrected chi connectivity index (χ2v) is 5.68. The van der Waals surface area contributed by atoms with Crippen LogP contribution in [0.4, 0.5) is 0 Å². The van der Waals surface area contributed by atoms with Gasteiger partial charge in [0.25, 0.3) is 11.5 Å². The van der Waals surface area contributed by atoms with E-state index in [9.17, 15) is 14.4 Å². The lowest BCUT2D eigenvalue weighted by Crippen LogP contribution is -2.32. The summed E-state index contributed by atoms with van der Waals surface area (Å²) >= 11 is 1.08. The molecular weight excluding hydrogens is 302 g/mol. The van der Waals surface area contributed by atoms with Crippen molar-refractivity contribution in [2.75, 3.05) is 5.43 Å². The number of Topliss-reactive ketones (excluding diaryl/α,β-unsaturated/α-hetero) is 1. The van der Waals surface area contributed by atoms with E-state index < -0.39 is 5.91 Å². The molecule has 0 saturated heterocycles. The van der Waals surface area contributed by atoms with Crippen molar-refractivity contribution in [1.82, 2.24) is 9.66 Å². The molecule has 1 aromatic carbocycles. The number of ketones is 1. The summed E-state index contributed by atoms with van der Waals surface area (Å²) in [6.07, 6.45) is 1.27. The molecular formula is C15H11N3O3S. The zero-order chi connectivity index (χ0) is 15.7. The van der Waals surface area contributed by atoms with Crippen LogP contribution in [-0.2, 0) is 0 Å². The number of thiophene rings is 1. The van der Waals surface area contributed by atoms with Crippen molar-refractivity contribution in [1.29, 1.82) is 0 Å². The monoisotopic (exact) mass is 313 g/mol. The Hall–Kier alpha value is -2.80. The number of fused-ring (bicyclic) bond motifs is 1. The van der Waals surface area contributed by atoms with Crippen molar-refractivity contribution < 1.29 is 9.59 Å². The Balaban J connectivity index is 1.92. The summed E-state index contributed by atoms with van der Waals surface area (Å²) in [4.78, 5) is 40.6. The molecule has 0 unspecified atom stereocenters. The van der Waals surface area contributed by atoms with E-state index in [1.807, 2.05) is 0 Å². The maximum absolute atomic E-state index is 12.3. The van der Waals surface area contributed by atoms with Gasteiger partial charge in [0, 0.05) is 0 Å². The normalized spacial score (nSPS) is 10.6. The topological polar surface area (TPSA) is 81.1 Å². The third-order valence-electron chi connectivity index (χ3n) is 3.06. The summed E-state index contributed by atoms with van der Waals surface area (Å²) in [6.45, 7) is 1.44. The highest BCUT2D eigenvalue weighted by Crippen LogP contribution is 2.17. The molecule has 2 aromatic heterocycles. The Morgan fingerprint density at radius 2 is 1.86 bits per heavy atom. The number of para-hydroxylation sites is 1. The summed E-state index contributed by atoms with van der Waals surface area (Å²) < 4.78 is 1.04. The maximum atomic E-state index is 12.3. The first-order chi connectivity index (χ1) is 10.6. The number of carbonyl (C=O) groups is 2. The highest BCUT2D eigenvalue weighted by atomic mass is 32.1. The quantitative estimate of drug-likeness (QED) is 0.750. The Morgan fingerprint density at radius 3 is 2.59 bits per heavy atom. The van der Waals surface area contributed by atoms with Crippen molar-refractivity contribution >= 4 is 33.9 Å². The number of rotatable bonds is 3. The van der Waals surface area contributed by atoms with Crippen LogP contribution in [-0.4, -0.2) is 21.4 Å². The van der Waals surface area contributed by atoms with Crippen LogP contribution >= 0.6 is 11.3 Å². The Morgan fingerprint density at radius 1 is 1.14 bits per heavy atom. The summed E-state index contributed by atoms with van der Waals surface area (Å²) in [7, 11) is 0. The first kappa shape index (κ1) is 14.2. The van der Waals surface area contributed by atoms with Gasteiger partial charge in [-0.3, -0.25) is 19.8 Å². The number of nitrogens with zero attached hydrogens (tertiary/aromatic N) is 2. The van der Waals surface area contributed by atoms with Crippen molar-refractivity contribution in [3.63, 3.8) is 0 Å². The molecule has 0 atom stereocenters. The van der Waals surface area contributed by atoms with Gasteiger partial charge in [-0.05, 0) is 31.2 Å². The average Bonchev–Trinajstić information content (AvgIpc) is 3.00. The molecule has 0 saturated carbocycles. The van der Waals surface area contributed by atoms with Gasteiger partial charge in [-0.15, -0.1) is 11.3 Å². The van der Waals surface area contributed by atoms with Gasteiger partial charge in [0.2, 0.25) is 0 Å². The van der Waals surface area contributed by atoms with E-state index >= 15 is 0 Å². The van der Waals surface area contributed by atoms with Crippen LogP contribution in [0.1, 0.15) is 26.3 Å². The molecule has 2 heterocycles. The van der Waals surface area contributed by atoms with E-state index in [-0.39, 0.29) is 11.3 Å². The molecule has 0 aliphatic rings. The lowest BCUT2D eigenvalue weighted by molar-refractivity contribution is 0.101. The van der Waals surface area contributed by atoms with Gasteiger partial charge < -0.3 is 0 Å². The second kappa shape index (κ2) is 5.53. The minimum absolute atomic E-state index is 0.103. The zero-order valence-electron chi connectivity index (χ0n) is 11.6. The standard InChI is InChI=1S/C15H11N3O3S/c1-9(19)12-6-7-13(22-12)14(20)17-18-8-16-11-5-3-2-4-10(11)15(18)21/h2-8H,1H3,(H,17,20). The maximum Gasteiger partial charge on any atom is 0.280 e. The number of benzene rings is 1. The van der Waals surface area contributed by atoms with Gasteiger partial charge in [-0.1, -0.05) is 12.1 Å². The van der Waals surface area contributed by atoms with Gasteiger partial charge in [0.1, 0.15) is 6.33 Å². The van der Waals surface area contributed by atoms with Crippen LogP contribution in [0.5, 0.6) is 0 Å². The molecule has 0 fully saturated rings. The predicted octanol–water partition coefficient (Wildman–Crippen LogP) is 2.04. The molecule has 0 radical (unpaired) electrons. The van der Waals surface area contributed by atoms with Crippen LogP contribution in [0.25, 0.3) is 10.9 Å². The Bertz CT molecular complexity index is 942. The third-order valence-corrected chi connectivity index (χ3v) is 4.25. The molecule has 3 rings (SSSR count). The van der Waals surface area contributed by atoms with Gasteiger partial charge in [0.15, 0.2) is 5.78 Å². The molecule has 22 heavy (non-hydrogen) atoms. The fraction of sp³-hybridized carbons (Fsp3) is 0.0667. The molecule has 110 valence electrons. The second-order valence-electron chi connectivity index (χ2n) is 4.60. The minimum Gasteiger partial charge on any atom is -0.294 e. The molecule has 3 aromatic rings. The highest BCUT2D eigenvalue weighted by molar-refractivity contribution is 7.16. The number of aromatic nitrogens is 2. The first-order valence-electron chi connectivity index (χ1n) is 6.45. The molecule has 0 bridgehead atoms. The van der Waals surface area contributed by atoms with Crippen LogP contribution in [0.3, 0.4) is 0 Å². The molecule has 6 nitrogen and oxygen atoms in total. The smallest absolute Gasteiger partial charge is 0.280 e. The van der Waals surface area contributed by atoms with Crippen LogP contribution in [0.2, 0.25) is 0 Å². The van der Waals surface area contributed by atoms with Crippen molar-refractivity contribution in [3.8, 4) is 0 Å². The molecule has 7 heteroatoms. The van der Waals surface area contributed by atoms with Crippen LogP contribution < -0.4 is 11.0 Å². The minimum atomic E-state index is -0.461. The molecule has 1 N–H and O–H groups in total. The summed E-state index contributed by atoms with van der Waals surface area (Å²) in [6, 6.07) is 10.0. The molecule has 0 spiro atoms. The average molecular weight is 313 g/mol. The summed E-state index contributed by atoms with van der Waals surface area (Å²) in [5.74, 6) is -0.565. The molecule has 0 aliphatic heterocycles. The first-order valence-corrected chi connectivity index (χ1v) is 7.26. The van der Waals surface area contributed by atoms with Crippen molar-refractivity contribution in [3.05, 3.63) is 62.8 Å². The van der Waals surface area contributed by atoms with Crippen LogP contribution in [0, 0.1) is 0 Å². The van der Waals surface area contributed by atoms with E-state index in [0.717, 1.165) is 16.0 Å². The third kappa shape index (κ3) is 2.53. The fourth-order valence-electron chi connectivity index (χ4n) is 1.96. The Kier molecular flexibility index (Phi) is 3.56. The number of carbonyl (C=O) groups excluding carboxylic acids is 2. The van der Waals surface area contributed by atoms with E-state index in [1.54, 1.807) is 36.4 Å². The SMILES string of the molecule is CC(=O)c1ccc(C(=O)Nn2cnc3ccccc3c2=O)s1. The van der Waals surface area contributed by atoms with E-state index in [4.69, 9.17) is 0 Å². The van der Waals surface area contributed by atoms with E-state index in [0.29, 0.717) is 20.7 Å². The lowest BCUT2D eigenvalue weighted by Gasteiger charge is -2.07. The largest absolute Gasteiger partial charge is 0.294 e. The van der Waals surface area contributed by atoms with Gasteiger partial charge in [-0.25, -0.2) is 9.66 Å². The van der Waals surface area contributed by atoms with Crippen molar-refractivity contribution in [2.45, 2.75) is 6.92 Å². The molecule has 1 amide bonds. The highest BCUT2D eigenvalue weighted by Gasteiger charge is 2.13. The van der Waals surface area contributed by atoms with Gasteiger partial charge >= 0.3 is 0 Å². The van der Waals surface area contributed by atoms with Crippen molar-refractivity contribution in [2.24, 2.45) is 0 Å². The Labute approximate surface area is 129 Å². The van der Waals surface area contributed by atoms with Crippen LogP contribution in [0.15, 0.2) is 47.5 Å². The molecule has 0 aliphatic carbocycles. The predicted molar refractivity (Wildman–Crippen MR) is 84.0 cm³/mol. The van der Waals surface area contributed by atoms with Gasteiger partial charge in [0.05, 0.1) is 20.7 Å². The van der Waals surface area contributed by atoms with E-state index in [2.05, 4.69) is 10.4 Å².